The van der Waals surface area contributed by atoms with Gasteiger partial charge >= 0.3 is 5.97 Å². The maximum atomic E-state index is 12.5. The summed E-state index contributed by atoms with van der Waals surface area (Å²) in [4.78, 5) is 23.2. The van der Waals surface area contributed by atoms with E-state index in [1.165, 1.54) is 7.11 Å². The molecule has 0 saturated heterocycles. The second-order valence-electron chi connectivity index (χ2n) is 17.5. The second-order valence-corrected chi connectivity index (χ2v) is 17.5. The van der Waals surface area contributed by atoms with E-state index in [0.29, 0.717) is 68.1 Å². The third kappa shape index (κ3) is 19.3. The van der Waals surface area contributed by atoms with Crippen LogP contribution in [0.1, 0.15) is 50.1 Å². The summed E-state index contributed by atoms with van der Waals surface area (Å²) in [6.07, 6.45) is 1.84. The van der Waals surface area contributed by atoms with Gasteiger partial charge in [0, 0.05) is 6.54 Å². The first-order valence-corrected chi connectivity index (χ1v) is 25.1. The van der Waals surface area contributed by atoms with Crippen molar-refractivity contribution in [2.75, 3.05) is 34.4 Å². The molecule has 0 spiro atoms. The highest BCUT2D eigenvalue weighted by molar-refractivity contribution is 5.78. The molecule has 394 valence electrons. The van der Waals surface area contributed by atoms with Crippen LogP contribution in [0.4, 0.5) is 0 Å². The molecule has 12 nitrogen and oxygen atoms in total. The van der Waals surface area contributed by atoms with E-state index in [0.717, 1.165) is 74.6 Å². The number of carbonyl (C=O) groups excluding carboxylic acids is 1. The molecule has 0 saturated carbocycles. The van der Waals surface area contributed by atoms with Crippen molar-refractivity contribution in [3.8, 4) is 40.2 Å². The van der Waals surface area contributed by atoms with Gasteiger partial charge in [0.15, 0.2) is 34.5 Å². The minimum absolute atomic E-state index is 0.0282. The molecule has 0 aliphatic carbocycles. The number of rotatable bonds is 24. The lowest BCUT2D eigenvalue weighted by molar-refractivity contribution is -0.136. The fourth-order valence-electron chi connectivity index (χ4n) is 7.77. The van der Waals surface area contributed by atoms with Crippen molar-refractivity contribution < 1.29 is 47.9 Å². The maximum absolute atomic E-state index is 12.5. The molecule has 0 aliphatic heterocycles. The number of nitrogens with one attached hydrogen (secondary N) is 1. The smallest absolute Gasteiger partial charge is 0.307 e. The highest BCUT2D eigenvalue weighted by Gasteiger charge is 2.12. The molecule has 0 heterocycles. The number of benzene rings is 8. The average molecular weight is 1030 g/mol. The number of carboxylic acids is 1. The summed E-state index contributed by atoms with van der Waals surface area (Å²) in [5.41, 5.74) is 14.9. The van der Waals surface area contributed by atoms with Gasteiger partial charge in [-0.15, -0.1) is 0 Å². The highest BCUT2D eigenvalue weighted by Crippen LogP contribution is 2.31. The van der Waals surface area contributed by atoms with Gasteiger partial charge in [-0.3, -0.25) is 9.59 Å². The first-order chi connectivity index (χ1) is 37.1. The summed E-state index contributed by atoms with van der Waals surface area (Å²) in [6, 6.07) is 62.9. The third-order valence-electron chi connectivity index (χ3n) is 11.8. The Labute approximate surface area is 446 Å². The molecule has 4 N–H and O–H groups in total. The monoisotopic (exact) mass is 1020 g/mol. The number of hydrogen-bond acceptors (Lipinski definition) is 10. The van der Waals surface area contributed by atoms with E-state index in [9.17, 15) is 9.59 Å². The van der Waals surface area contributed by atoms with Crippen molar-refractivity contribution in [1.29, 1.82) is 0 Å². The molecular weight excluding hydrogens is 957 g/mol. The van der Waals surface area contributed by atoms with Crippen molar-refractivity contribution in [3.05, 3.63) is 244 Å². The van der Waals surface area contributed by atoms with Crippen LogP contribution in [-0.4, -0.2) is 51.4 Å². The van der Waals surface area contributed by atoms with Crippen molar-refractivity contribution in [3.63, 3.8) is 0 Å². The van der Waals surface area contributed by atoms with E-state index in [4.69, 9.17) is 44.0 Å². The molecule has 0 aromatic heterocycles. The Kier molecular flexibility index (Phi) is 23.1. The average Bonchev–Trinajstić information content (AvgIpc) is 3.45. The number of ether oxygens (including phenoxy) is 7. The quantitative estimate of drug-likeness (QED) is 0.0529. The summed E-state index contributed by atoms with van der Waals surface area (Å²) >= 11 is 0. The van der Waals surface area contributed by atoms with Crippen LogP contribution in [0.2, 0.25) is 0 Å². The molecule has 0 aliphatic rings. The minimum Gasteiger partial charge on any atom is -0.493 e. The standard InChI is InChI=1S/C32H33NO4.C16H19NO2.C16H16O4/c1-24-19-25(13-15-29(24)36-22-26-9-5-3-6-10-26)17-18-33-32(34)21-28-14-16-30(31(20-28)35-2)37-23-27-11-7-4-8-12-27;1-18-16-11-13(9-10-17)7-8-15(16)19-12-14-5-3-2-4-6-14;1-19-15-9-13(10-16(17)18)7-8-14(15)20-11-12-5-3-2-4-6-12/h3-16,19-20H,17-18,21-23H2,1-2H3,(H,33,34);2-8,11H,9-10,12,17H2,1H3;2-9H,10-11H2,1H3,(H,17,18). The van der Waals surface area contributed by atoms with Crippen molar-refractivity contribution in [2.45, 2.75) is 59.0 Å². The van der Waals surface area contributed by atoms with E-state index in [-0.39, 0.29) is 18.7 Å². The molecule has 76 heavy (non-hydrogen) atoms. The van der Waals surface area contributed by atoms with Crippen LogP contribution in [0.3, 0.4) is 0 Å². The predicted molar refractivity (Wildman–Crippen MR) is 298 cm³/mol. The van der Waals surface area contributed by atoms with Crippen LogP contribution < -0.4 is 44.2 Å². The van der Waals surface area contributed by atoms with Gasteiger partial charge in [-0.25, -0.2) is 0 Å². The minimum atomic E-state index is -0.870. The molecule has 1 amide bonds. The summed E-state index contributed by atoms with van der Waals surface area (Å²) in [6.45, 7) is 5.22. The van der Waals surface area contributed by atoms with E-state index >= 15 is 0 Å². The lowest BCUT2D eigenvalue weighted by atomic mass is 10.1. The predicted octanol–water partition coefficient (Wildman–Crippen LogP) is 11.7. The topological polar surface area (TPSA) is 157 Å². The van der Waals surface area contributed by atoms with Crippen molar-refractivity contribution >= 4 is 11.9 Å². The van der Waals surface area contributed by atoms with Gasteiger partial charge in [0.05, 0.1) is 34.2 Å². The number of methoxy groups -OCH3 is 3. The second kappa shape index (κ2) is 31.1. The SMILES string of the molecule is COc1cc(CC(=O)NCCc2ccc(OCc3ccccc3)c(C)c2)ccc1OCc1ccccc1.COc1cc(CC(=O)O)ccc1OCc1ccccc1.COc1cc(CCN)ccc1OCc1ccccc1. The van der Waals surface area contributed by atoms with Gasteiger partial charge in [0.2, 0.25) is 5.91 Å². The summed E-state index contributed by atoms with van der Waals surface area (Å²) in [5.74, 6) is 3.90. The Bertz CT molecular complexity index is 2990. The van der Waals surface area contributed by atoms with E-state index in [1.54, 1.807) is 32.4 Å². The Balaban J connectivity index is 0.000000203. The number of aliphatic carboxylic acids is 1. The molecule has 0 fully saturated rings. The largest absolute Gasteiger partial charge is 0.493 e. The number of carboxylic acid groups (broad SMARTS) is 1. The maximum Gasteiger partial charge on any atom is 0.307 e. The molecule has 8 aromatic carbocycles. The van der Waals surface area contributed by atoms with Crippen molar-refractivity contribution in [2.24, 2.45) is 5.73 Å². The molecule has 0 unspecified atom stereocenters. The zero-order valence-electron chi connectivity index (χ0n) is 43.7. The van der Waals surface area contributed by atoms with Gasteiger partial charge in [-0.05, 0) is 119 Å². The molecular formula is C64H68N2O10. The number of nitrogens with two attached hydrogens (primary N) is 1. The summed E-state index contributed by atoms with van der Waals surface area (Å²) in [7, 11) is 4.79. The van der Waals surface area contributed by atoms with Gasteiger partial charge in [-0.1, -0.05) is 152 Å². The fraction of sp³-hybridized carbons (Fsp3) is 0.219. The van der Waals surface area contributed by atoms with Crippen LogP contribution in [0, 0.1) is 6.92 Å². The molecule has 12 heteroatoms. The number of aryl methyl sites for hydroxylation is 1. The third-order valence-corrected chi connectivity index (χ3v) is 11.8. The lowest BCUT2D eigenvalue weighted by Crippen LogP contribution is -2.27. The van der Waals surface area contributed by atoms with Gasteiger partial charge < -0.3 is 49.3 Å². The molecule has 8 aromatic rings. The first-order valence-electron chi connectivity index (χ1n) is 25.1. The number of amides is 1. The van der Waals surface area contributed by atoms with Crippen LogP contribution in [0.5, 0.6) is 40.2 Å². The normalized spacial score (nSPS) is 10.3. The zero-order valence-corrected chi connectivity index (χ0v) is 43.7. The van der Waals surface area contributed by atoms with E-state index < -0.39 is 5.97 Å². The fourth-order valence-corrected chi connectivity index (χ4v) is 7.77. The zero-order chi connectivity index (χ0) is 53.7. The van der Waals surface area contributed by atoms with Crippen LogP contribution >= 0.6 is 0 Å². The Morgan fingerprint density at radius 2 is 0.750 bits per heavy atom. The van der Waals surface area contributed by atoms with E-state index in [2.05, 4.69) is 29.6 Å². The van der Waals surface area contributed by atoms with Crippen LogP contribution in [0.15, 0.2) is 194 Å². The van der Waals surface area contributed by atoms with Crippen LogP contribution in [-0.2, 0) is 61.7 Å². The Morgan fingerprint density at radius 3 is 1.12 bits per heavy atom. The van der Waals surface area contributed by atoms with Crippen LogP contribution in [0.25, 0.3) is 0 Å². The number of carbonyl (C=O) groups is 2. The highest BCUT2D eigenvalue weighted by atomic mass is 16.5. The Morgan fingerprint density at radius 1 is 0.408 bits per heavy atom. The molecule has 8 rings (SSSR count). The van der Waals surface area contributed by atoms with Gasteiger partial charge in [0.25, 0.3) is 0 Å². The van der Waals surface area contributed by atoms with E-state index in [1.807, 2.05) is 159 Å². The van der Waals surface area contributed by atoms with Gasteiger partial charge in [0.1, 0.15) is 32.2 Å². The molecule has 0 radical (unpaired) electrons. The van der Waals surface area contributed by atoms with Gasteiger partial charge in [-0.2, -0.15) is 0 Å². The lowest BCUT2D eigenvalue weighted by Gasteiger charge is -2.13. The Hall–Kier alpha value is -8.74. The number of hydrogen-bond donors (Lipinski definition) is 3. The summed E-state index contributed by atoms with van der Waals surface area (Å²) < 4.78 is 39.4. The molecule has 0 atom stereocenters. The van der Waals surface area contributed by atoms with Crippen molar-refractivity contribution in [1.82, 2.24) is 5.32 Å². The summed E-state index contributed by atoms with van der Waals surface area (Å²) in [5, 5.41) is 11.8. The molecule has 0 bridgehead atoms. The first kappa shape index (κ1) is 56.6.